The number of anilines is 1. The monoisotopic (exact) mass is 418 g/mol. The van der Waals surface area contributed by atoms with Crippen LogP contribution in [0.1, 0.15) is 53.4 Å². The summed E-state index contributed by atoms with van der Waals surface area (Å²) < 4.78 is 0. The molecule has 0 aliphatic rings. The summed E-state index contributed by atoms with van der Waals surface area (Å²) in [5.41, 5.74) is 2.12. The largest absolute Gasteiger partial charge is 0.382 e. The highest BCUT2D eigenvalue weighted by Gasteiger charge is 2.13. The molecule has 1 heterocycles. The van der Waals surface area contributed by atoms with Crippen LogP contribution in [-0.4, -0.2) is 60.1 Å². The molecular weight excluding hydrogens is 380 g/mol. The minimum absolute atomic E-state index is 0.474. The second kappa shape index (κ2) is 13.0. The van der Waals surface area contributed by atoms with Gasteiger partial charge in [0.05, 0.1) is 5.52 Å². The molecule has 2 rings (SSSR count). The maximum atomic E-state index is 6.16. The second-order valence-corrected chi connectivity index (χ2v) is 8.14. The predicted molar refractivity (Wildman–Crippen MR) is 128 cm³/mol. The summed E-state index contributed by atoms with van der Waals surface area (Å²) in [5, 5.41) is 5.72. The van der Waals surface area contributed by atoms with Crippen LogP contribution in [-0.2, 0) is 0 Å². The van der Waals surface area contributed by atoms with Gasteiger partial charge in [0, 0.05) is 28.3 Å². The maximum absolute atomic E-state index is 6.16. The molecule has 4 nitrogen and oxygen atoms in total. The van der Waals surface area contributed by atoms with E-state index in [1.54, 1.807) is 0 Å². The average molecular weight is 419 g/mol. The molecule has 0 aliphatic heterocycles. The summed E-state index contributed by atoms with van der Waals surface area (Å²) >= 11 is 6.16. The molecule has 0 spiro atoms. The van der Waals surface area contributed by atoms with Gasteiger partial charge in [-0.1, -0.05) is 39.3 Å². The van der Waals surface area contributed by atoms with Crippen LogP contribution in [0.3, 0.4) is 0 Å². The van der Waals surface area contributed by atoms with E-state index in [0.29, 0.717) is 6.04 Å². The van der Waals surface area contributed by atoms with Crippen molar-refractivity contribution < 1.29 is 0 Å². The smallest absolute Gasteiger partial charge is 0.0737 e. The Labute approximate surface area is 182 Å². The molecule has 29 heavy (non-hydrogen) atoms. The van der Waals surface area contributed by atoms with Gasteiger partial charge in [-0.2, -0.15) is 0 Å². The molecule has 0 atom stereocenters. The topological polar surface area (TPSA) is 31.4 Å². The summed E-state index contributed by atoms with van der Waals surface area (Å²) in [4.78, 5) is 9.51. The van der Waals surface area contributed by atoms with E-state index in [0.717, 1.165) is 42.1 Å². The van der Waals surface area contributed by atoms with E-state index in [-0.39, 0.29) is 0 Å². The van der Waals surface area contributed by atoms with Crippen molar-refractivity contribution in [1.82, 2.24) is 14.8 Å². The van der Waals surface area contributed by atoms with Crippen LogP contribution in [0.2, 0.25) is 5.02 Å². The number of rotatable bonds is 14. The van der Waals surface area contributed by atoms with E-state index in [1.807, 2.05) is 18.3 Å². The molecule has 1 aromatic carbocycles. The Hall–Kier alpha value is -1.36. The first kappa shape index (κ1) is 23.9. The maximum Gasteiger partial charge on any atom is 0.0737 e. The van der Waals surface area contributed by atoms with E-state index in [4.69, 9.17) is 11.6 Å². The highest BCUT2D eigenvalue weighted by Crippen LogP contribution is 2.26. The van der Waals surface area contributed by atoms with Gasteiger partial charge in [0.15, 0.2) is 0 Å². The van der Waals surface area contributed by atoms with E-state index in [2.05, 4.69) is 59.9 Å². The Bertz CT molecular complexity index is 695. The summed E-state index contributed by atoms with van der Waals surface area (Å²) in [6, 6.07) is 8.54. The highest BCUT2D eigenvalue weighted by atomic mass is 35.5. The first-order valence-corrected chi connectivity index (χ1v) is 11.7. The zero-order valence-electron chi connectivity index (χ0n) is 18.8. The van der Waals surface area contributed by atoms with Crippen molar-refractivity contribution in [3.8, 4) is 0 Å². The molecule has 5 heteroatoms. The van der Waals surface area contributed by atoms with Gasteiger partial charge in [0.2, 0.25) is 0 Å². The van der Waals surface area contributed by atoms with Crippen molar-refractivity contribution in [2.45, 2.75) is 59.4 Å². The summed E-state index contributed by atoms with van der Waals surface area (Å²) in [6.07, 6.45) is 6.70. The fourth-order valence-corrected chi connectivity index (χ4v) is 4.12. The molecule has 1 N–H and O–H groups in total. The molecule has 0 unspecified atom stereocenters. The Morgan fingerprint density at radius 1 is 0.897 bits per heavy atom. The first-order chi connectivity index (χ1) is 14.1. The van der Waals surface area contributed by atoms with Gasteiger partial charge in [0.25, 0.3) is 0 Å². The molecule has 0 amide bonds. The predicted octanol–water partition coefficient (Wildman–Crippen LogP) is 5.91. The number of hydrogen-bond acceptors (Lipinski definition) is 4. The zero-order chi connectivity index (χ0) is 21.1. The Balaban J connectivity index is 2.05. The number of benzene rings is 1. The van der Waals surface area contributed by atoms with Crippen LogP contribution in [0.15, 0.2) is 30.5 Å². The lowest BCUT2D eigenvalue weighted by Gasteiger charge is -2.25. The molecule has 1 aromatic heterocycles. The van der Waals surface area contributed by atoms with Crippen molar-refractivity contribution in [3.05, 3.63) is 35.5 Å². The van der Waals surface area contributed by atoms with Crippen LogP contribution in [0.25, 0.3) is 10.9 Å². The number of fused-ring (bicyclic) bond motifs is 1. The Morgan fingerprint density at radius 3 is 2.03 bits per heavy atom. The van der Waals surface area contributed by atoms with Crippen molar-refractivity contribution in [1.29, 1.82) is 0 Å². The number of nitrogens with zero attached hydrogens (tertiary/aromatic N) is 3. The van der Waals surface area contributed by atoms with Crippen molar-refractivity contribution in [2.75, 3.05) is 44.6 Å². The lowest BCUT2D eigenvalue weighted by atomic mass is 10.0. The van der Waals surface area contributed by atoms with Crippen molar-refractivity contribution in [2.24, 2.45) is 0 Å². The number of pyridine rings is 1. The number of nitrogens with one attached hydrogen (secondary N) is 1. The number of hydrogen-bond donors (Lipinski definition) is 1. The van der Waals surface area contributed by atoms with Crippen molar-refractivity contribution >= 4 is 28.2 Å². The van der Waals surface area contributed by atoms with E-state index < -0.39 is 0 Å². The highest BCUT2D eigenvalue weighted by molar-refractivity contribution is 6.31. The molecule has 0 saturated heterocycles. The van der Waals surface area contributed by atoms with Gasteiger partial charge in [-0.05, 0) is 89.2 Å². The quantitative estimate of drug-likeness (QED) is 0.413. The molecule has 0 bridgehead atoms. The first-order valence-electron chi connectivity index (χ1n) is 11.4. The molecule has 162 valence electrons. The third kappa shape index (κ3) is 7.76. The van der Waals surface area contributed by atoms with Gasteiger partial charge < -0.3 is 15.1 Å². The Morgan fingerprint density at radius 2 is 1.48 bits per heavy atom. The second-order valence-electron chi connectivity index (χ2n) is 7.70. The lowest BCUT2D eigenvalue weighted by molar-refractivity contribution is 0.283. The van der Waals surface area contributed by atoms with Gasteiger partial charge >= 0.3 is 0 Å². The number of aromatic nitrogens is 1. The fourth-order valence-electron chi connectivity index (χ4n) is 3.96. The molecule has 0 radical (unpaired) electrons. The number of halogens is 1. The normalized spacial score (nSPS) is 11.9. The zero-order valence-corrected chi connectivity index (χ0v) is 19.5. The third-order valence-corrected chi connectivity index (χ3v) is 6.14. The van der Waals surface area contributed by atoms with Crippen LogP contribution >= 0.6 is 11.6 Å². The van der Waals surface area contributed by atoms with Gasteiger partial charge in [-0.25, -0.2) is 0 Å². The molecule has 0 aliphatic carbocycles. The van der Waals surface area contributed by atoms with Gasteiger partial charge in [-0.3, -0.25) is 4.98 Å². The summed E-state index contributed by atoms with van der Waals surface area (Å²) in [6.45, 7) is 15.9. The van der Waals surface area contributed by atoms with E-state index >= 15 is 0 Å². The third-order valence-electron chi connectivity index (χ3n) is 5.91. The van der Waals surface area contributed by atoms with Crippen LogP contribution in [0, 0.1) is 0 Å². The standard InChI is InChI=1S/C24H39ClN4/c1-5-28(6-2)17-9-11-21(12-10-18-29(7-3)8-4)27-23-15-16-26-24-19-20(25)13-14-22(23)24/h13-16,19,21H,5-12,17-18H2,1-4H3,(H,26,27). The van der Waals surface area contributed by atoms with Crippen LogP contribution < -0.4 is 5.32 Å². The van der Waals surface area contributed by atoms with Crippen LogP contribution in [0.4, 0.5) is 5.69 Å². The molecule has 0 saturated carbocycles. The minimum atomic E-state index is 0.474. The van der Waals surface area contributed by atoms with Gasteiger partial charge in [-0.15, -0.1) is 0 Å². The minimum Gasteiger partial charge on any atom is -0.382 e. The molecule has 2 aromatic rings. The molecular formula is C24H39ClN4. The SMILES string of the molecule is CCN(CC)CCCC(CCCN(CC)CC)Nc1ccnc2cc(Cl)ccc12. The Kier molecular flexibility index (Phi) is 10.8. The molecule has 0 fully saturated rings. The fraction of sp³-hybridized carbons (Fsp3) is 0.625. The summed E-state index contributed by atoms with van der Waals surface area (Å²) in [5.74, 6) is 0. The van der Waals surface area contributed by atoms with E-state index in [9.17, 15) is 0 Å². The summed E-state index contributed by atoms with van der Waals surface area (Å²) in [7, 11) is 0. The average Bonchev–Trinajstić information content (AvgIpc) is 2.74. The van der Waals surface area contributed by atoms with E-state index in [1.165, 1.54) is 44.5 Å². The lowest BCUT2D eigenvalue weighted by Crippen LogP contribution is -2.28. The van der Waals surface area contributed by atoms with Crippen molar-refractivity contribution in [3.63, 3.8) is 0 Å². The van der Waals surface area contributed by atoms with Gasteiger partial charge in [0.1, 0.15) is 0 Å². The van der Waals surface area contributed by atoms with Crippen LogP contribution in [0.5, 0.6) is 0 Å².